The summed E-state index contributed by atoms with van der Waals surface area (Å²) in [4.78, 5) is 25.1. The zero-order valence-corrected chi connectivity index (χ0v) is 31.0. The molecule has 0 bridgehead atoms. The van der Waals surface area contributed by atoms with E-state index in [9.17, 15) is 45.3 Å². The van der Waals surface area contributed by atoms with Gasteiger partial charge in [0.1, 0.15) is 55.4 Å². The Morgan fingerprint density at radius 2 is 1.19 bits per heavy atom. The Labute approximate surface area is 312 Å². The number of aliphatic hydroxyl groups excluding tert-OH is 7. The molecular weight excluding hydrogens is 696 g/mol. The Kier molecular flexibility index (Phi) is 23.8. The van der Waals surface area contributed by atoms with Crippen molar-refractivity contribution in [2.75, 3.05) is 26.4 Å². The number of allylic oxidation sites excluding steroid dienone is 8. The molecule has 11 unspecified atom stereocenters. The van der Waals surface area contributed by atoms with E-state index in [1.165, 1.54) is 0 Å². The maximum absolute atomic E-state index is 12.7. The summed E-state index contributed by atoms with van der Waals surface area (Å²) in [5, 5.41) is 71.3. The van der Waals surface area contributed by atoms with E-state index in [0.29, 0.717) is 19.3 Å². The summed E-state index contributed by atoms with van der Waals surface area (Å²) in [6.45, 7) is 2.18. The Morgan fingerprint density at radius 1 is 0.623 bits per heavy atom. The summed E-state index contributed by atoms with van der Waals surface area (Å²) in [5.41, 5.74) is 0. The Balaban J connectivity index is 1.93. The summed E-state index contributed by atoms with van der Waals surface area (Å²) in [6, 6.07) is 0. The average molecular weight is 759 g/mol. The molecular formula is C38H62O15. The van der Waals surface area contributed by atoms with Gasteiger partial charge in [0.15, 0.2) is 18.7 Å². The van der Waals surface area contributed by atoms with Gasteiger partial charge in [0, 0.05) is 12.8 Å². The number of ether oxygens (including phenoxy) is 6. The van der Waals surface area contributed by atoms with Crippen molar-refractivity contribution in [1.82, 2.24) is 0 Å². The molecule has 0 radical (unpaired) electrons. The minimum atomic E-state index is -1.77. The quantitative estimate of drug-likeness (QED) is 0.0399. The number of carbonyl (C=O) groups is 2. The molecule has 2 aliphatic heterocycles. The second kappa shape index (κ2) is 27.1. The molecule has 53 heavy (non-hydrogen) atoms. The van der Waals surface area contributed by atoms with Gasteiger partial charge in [-0.15, -0.1) is 0 Å². The molecule has 2 saturated heterocycles. The molecule has 2 heterocycles. The summed E-state index contributed by atoms with van der Waals surface area (Å²) in [5.74, 6) is -1.05. The van der Waals surface area contributed by atoms with Crippen molar-refractivity contribution in [2.24, 2.45) is 0 Å². The van der Waals surface area contributed by atoms with Crippen LogP contribution in [0.3, 0.4) is 0 Å². The number of aliphatic hydroxyl groups is 7. The lowest BCUT2D eigenvalue weighted by Crippen LogP contribution is -2.61. The Hall–Kier alpha value is -2.54. The number of unbranched alkanes of at least 4 members (excludes halogenated alkanes) is 3. The normalized spacial score (nSPS) is 30.1. The molecule has 2 fully saturated rings. The summed E-state index contributed by atoms with van der Waals surface area (Å²) >= 11 is 0. The van der Waals surface area contributed by atoms with Crippen molar-refractivity contribution in [3.05, 3.63) is 48.6 Å². The van der Waals surface area contributed by atoms with Crippen LogP contribution < -0.4 is 0 Å². The van der Waals surface area contributed by atoms with Gasteiger partial charge >= 0.3 is 11.9 Å². The number of hydrogen-bond acceptors (Lipinski definition) is 15. The fourth-order valence-electron chi connectivity index (χ4n) is 5.40. The highest BCUT2D eigenvalue weighted by atomic mass is 16.7. The number of rotatable bonds is 25. The first-order valence-electron chi connectivity index (χ1n) is 18.7. The molecule has 0 aromatic rings. The molecule has 2 aliphatic rings. The van der Waals surface area contributed by atoms with Crippen molar-refractivity contribution in [3.8, 4) is 0 Å². The highest BCUT2D eigenvalue weighted by Gasteiger charge is 2.47. The van der Waals surface area contributed by atoms with Gasteiger partial charge in [0.05, 0.1) is 19.8 Å². The predicted octanol–water partition coefficient (Wildman–Crippen LogP) is 1.64. The fourth-order valence-corrected chi connectivity index (χ4v) is 5.40. The van der Waals surface area contributed by atoms with Gasteiger partial charge in [-0.3, -0.25) is 9.59 Å². The highest BCUT2D eigenvalue weighted by Crippen LogP contribution is 2.26. The first-order valence-corrected chi connectivity index (χ1v) is 18.7. The smallest absolute Gasteiger partial charge is 0.306 e. The van der Waals surface area contributed by atoms with E-state index in [1.54, 1.807) is 0 Å². The van der Waals surface area contributed by atoms with E-state index in [0.717, 1.165) is 38.5 Å². The van der Waals surface area contributed by atoms with Gasteiger partial charge in [0.2, 0.25) is 0 Å². The number of hydrogen-bond donors (Lipinski definition) is 7. The molecule has 11 atom stereocenters. The highest BCUT2D eigenvalue weighted by molar-refractivity contribution is 5.70. The van der Waals surface area contributed by atoms with Crippen LogP contribution in [0.5, 0.6) is 0 Å². The first kappa shape index (κ1) is 46.6. The molecule has 7 N–H and O–H groups in total. The third-order valence-electron chi connectivity index (χ3n) is 8.58. The topological polar surface area (TPSA) is 231 Å². The number of carbonyl (C=O) groups excluding carboxylic acids is 2. The van der Waals surface area contributed by atoms with Gasteiger partial charge in [-0.05, 0) is 38.5 Å². The molecule has 304 valence electrons. The maximum atomic E-state index is 12.7. The van der Waals surface area contributed by atoms with Crippen molar-refractivity contribution >= 4 is 11.9 Å². The monoisotopic (exact) mass is 758 g/mol. The fraction of sp³-hybridized carbons (Fsp3) is 0.737. The van der Waals surface area contributed by atoms with Crippen LogP contribution in [0.4, 0.5) is 0 Å². The minimum Gasteiger partial charge on any atom is -0.462 e. The second-order valence-corrected chi connectivity index (χ2v) is 13.0. The van der Waals surface area contributed by atoms with Crippen LogP contribution in [-0.4, -0.2) is 142 Å². The predicted molar refractivity (Wildman–Crippen MR) is 192 cm³/mol. The standard InChI is InChI=1S/C38H62O15/c1-3-5-7-9-10-11-12-13-14-15-16-17-19-21-30(41)51-26(23-48-29(40)20-18-8-6-4-2)24-49-37-36(47)34(45)32(43)28(53-37)25-50-38-35(46)33(44)31(42)27(22-39)52-38/h5,7,10-11,13-14,16-17,26-28,31-39,42-47H,3-4,6,8-9,12,15,18-25H2,1-2H3/b7-5-,11-10-,14-13-,17-16-. The Morgan fingerprint density at radius 3 is 1.79 bits per heavy atom. The van der Waals surface area contributed by atoms with Gasteiger partial charge < -0.3 is 64.2 Å². The van der Waals surface area contributed by atoms with Crippen LogP contribution in [0, 0.1) is 0 Å². The molecule has 0 amide bonds. The first-order chi connectivity index (χ1) is 25.5. The van der Waals surface area contributed by atoms with Crippen molar-refractivity contribution in [1.29, 1.82) is 0 Å². The Bertz CT molecular complexity index is 1120. The molecule has 0 aromatic carbocycles. The van der Waals surface area contributed by atoms with Gasteiger partial charge in [-0.1, -0.05) is 81.7 Å². The van der Waals surface area contributed by atoms with Crippen molar-refractivity contribution < 1.29 is 73.8 Å². The summed E-state index contributed by atoms with van der Waals surface area (Å²) in [6.07, 6.45) is 7.03. The van der Waals surface area contributed by atoms with Crippen molar-refractivity contribution in [3.63, 3.8) is 0 Å². The molecule has 0 spiro atoms. The molecule has 0 saturated carbocycles. The van der Waals surface area contributed by atoms with E-state index < -0.39 is 99.3 Å². The number of esters is 2. The average Bonchev–Trinajstić information content (AvgIpc) is 3.15. The van der Waals surface area contributed by atoms with Crippen LogP contribution >= 0.6 is 0 Å². The third kappa shape index (κ3) is 17.6. The van der Waals surface area contributed by atoms with Gasteiger partial charge in [-0.2, -0.15) is 0 Å². The lowest BCUT2D eigenvalue weighted by molar-refractivity contribution is -0.332. The van der Waals surface area contributed by atoms with Crippen LogP contribution in [0.25, 0.3) is 0 Å². The zero-order chi connectivity index (χ0) is 39.0. The zero-order valence-electron chi connectivity index (χ0n) is 31.0. The van der Waals surface area contributed by atoms with E-state index in [-0.39, 0.29) is 19.4 Å². The summed E-state index contributed by atoms with van der Waals surface area (Å²) in [7, 11) is 0. The lowest BCUT2D eigenvalue weighted by atomic mass is 9.98. The van der Waals surface area contributed by atoms with Crippen LogP contribution in [0.2, 0.25) is 0 Å². The van der Waals surface area contributed by atoms with Gasteiger partial charge in [-0.25, -0.2) is 0 Å². The SMILES string of the molecule is CC/C=C\C/C=C\C/C=C\C/C=C\CCC(=O)OC(COC(=O)CCCCCC)COC1OC(COC2OC(CO)C(O)C(O)C2O)C(O)C(O)C1O. The maximum Gasteiger partial charge on any atom is 0.306 e. The van der Waals surface area contributed by atoms with Crippen molar-refractivity contribution in [2.45, 2.75) is 152 Å². The van der Waals surface area contributed by atoms with E-state index in [4.69, 9.17) is 28.4 Å². The largest absolute Gasteiger partial charge is 0.462 e. The second-order valence-electron chi connectivity index (χ2n) is 13.0. The summed E-state index contributed by atoms with van der Waals surface area (Å²) < 4.78 is 33.0. The van der Waals surface area contributed by atoms with Crippen LogP contribution in [0.1, 0.15) is 84.5 Å². The molecule has 0 aromatic heterocycles. The van der Waals surface area contributed by atoms with Crippen LogP contribution in [0.15, 0.2) is 48.6 Å². The van der Waals surface area contributed by atoms with E-state index >= 15 is 0 Å². The van der Waals surface area contributed by atoms with E-state index in [1.807, 2.05) is 18.2 Å². The van der Waals surface area contributed by atoms with Gasteiger partial charge in [0.25, 0.3) is 0 Å². The lowest BCUT2D eigenvalue weighted by Gasteiger charge is -2.42. The molecule has 15 heteroatoms. The molecule has 15 nitrogen and oxygen atoms in total. The molecule has 2 rings (SSSR count). The minimum absolute atomic E-state index is 0.0422. The molecule has 0 aliphatic carbocycles. The third-order valence-corrected chi connectivity index (χ3v) is 8.58. The van der Waals surface area contributed by atoms with Crippen LogP contribution in [-0.2, 0) is 38.0 Å². The van der Waals surface area contributed by atoms with E-state index in [2.05, 4.69) is 44.2 Å².